The summed E-state index contributed by atoms with van der Waals surface area (Å²) in [5.41, 5.74) is -0.376. The van der Waals surface area contributed by atoms with Crippen molar-refractivity contribution < 1.29 is 13.9 Å². The van der Waals surface area contributed by atoms with Crippen molar-refractivity contribution in [3.8, 4) is 0 Å². The van der Waals surface area contributed by atoms with E-state index in [0.717, 1.165) is 19.6 Å². The van der Waals surface area contributed by atoms with Crippen LogP contribution in [0.15, 0.2) is 0 Å². The van der Waals surface area contributed by atoms with E-state index in [2.05, 4.69) is 26.9 Å². The first-order chi connectivity index (χ1) is 6.50. The van der Waals surface area contributed by atoms with Crippen LogP contribution in [0.3, 0.4) is 0 Å². The Balaban J connectivity index is 2.60. The Bertz CT molecular complexity index is 196. The van der Waals surface area contributed by atoms with E-state index >= 15 is 0 Å². The van der Waals surface area contributed by atoms with E-state index < -0.39 is 8.32 Å². The molecule has 84 valence electrons. The topological polar surface area (TPSA) is 31.0 Å². The van der Waals surface area contributed by atoms with Crippen LogP contribution in [-0.4, -0.2) is 33.0 Å². The molecule has 0 aromatic carbocycles. The molecule has 0 amide bonds. The molecule has 1 heterocycles. The predicted molar refractivity (Wildman–Crippen MR) is 58.6 cm³/mol. The minimum atomic E-state index is -1.86. The Morgan fingerprint density at radius 3 is 2.29 bits per heavy atom. The van der Waals surface area contributed by atoms with Crippen LogP contribution >= 0.6 is 0 Å². The van der Waals surface area contributed by atoms with Crippen LogP contribution in [-0.2, 0) is 13.9 Å². The van der Waals surface area contributed by atoms with Crippen molar-refractivity contribution in [1.82, 2.24) is 0 Å². The van der Waals surface area contributed by atoms with Gasteiger partial charge < -0.3 is 13.9 Å². The SMILES string of the molecule is CCCOC1([Si](C)(C)OCC)OC1C. The van der Waals surface area contributed by atoms with Gasteiger partial charge in [-0.05, 0) is 33.4 Å². The Labute approximate surface area is 87.9 Å². The number of hydrogen-bond acceptors (Lipinski definition) is 3. The second-order valence-corrected chi connectivity index (χ2v) is 8.23. The molecule has 4 heteroatoms. The highest BCUT2D eigenvalue weighted by Gasteiger charge is 2.67. The highest BCUT2D eigenvalue weighted by Crippen LogP contribution is 2.45. The van der Waals surface area contributed by atoms with Crippen molar-refractivity contribution in [2.24, 2.45) is 0 Å². The van der Waals surface area contributed by atoms with E-state index in [-0.39, 0.29) is 11.5 Å². The predicted octanol–water partition coefficient (Wildman–Crippen LogP) is 2.31. The molecular weight excluding hydrogens is 196 g/mol. The van der Waals surface area contributed by atoms with Crippen LogP contribution in [0, 0.1) is 0 Å². The molecule has 3 nitrogen and oxygen atoms in total. The zero-order chi connectivity index (χ0) is 10.8. The zero-order valence-electron chi connectivity index (χ0n) is 9.92. The number of hydrogen-bond donors (Lipinski definition) is 0. The molecule has 0 saturated carbocycles. The molecule has 0 aliphatic carbocycles. The Kier molecular flexibility index (Phi) is 3.74. The quantitative estimate of drug-likeness (QED) is 0.506. The number of epoxide rings is 1. The minimum Gasteiger partial charge on any atom is -0.411 e. The fourth-order valence-corrected chi connectivity index (χ4v) is 4.71. The maximum atomic E-state index is 5.83. The lowest BCUT2D eigenvalue weighted by Crippen LogP contribution is -2.51. The van der Waals surface area contributed by atoms with Gasteiger partial charge in [-0.25, -0.2) is 0 Å². The summed E-state index contributed by atoms with van der Waals surface area (Å²) in [6.07, 6.45) is 1.22. The van der Waals surface area contributed by atoms with Gasteiger partial charge in [0, 0.05) is 13.2 Å². The third kappa shape index (κ3) is 2.03. The molecule has 1 rings (SSSR count). The van der Waals surface area contributed by atoms with Gasteiger partial charge >= 0.3 is 0 Å². The molecule has 2 unspecified atom stereocenters. The molecule has 0 radical (unpaired) electrons. The summed E-state index contributed by atoms with van der Waals surface area (Å²) in [4.78, 5) is 0. The third-order valence-corrected chi connectivity index (χ3v) is 6.05. The fourth-order valence-electron chi connectivity index (χ4n) is 1.90. The van der Waals surface area contributed by atoms with Gasteiger partial charge in [0.05, 0.1) is 0 Å². The molecule has 0 bridgehead atoms. The largest absolute Gasteiger partial charge is 0.411 e. The average molecular weight is 218 g/mol. The Hall–Kier alpha value is 0.0969. The van der Waals surface area contributed by atoms with Gasteiger partial charge in [0.1, 0.15) is 6.10 Å². The lowest BCUT2D eigenvalue weighted by molar-refractivity contribution is -0.00500. The van der Waals surface area contributed by atoms with Gasteiger partial charge in [-0.3, -0.25) is 0 Å². The van der Waals surface area contributed by atoms with Gasteiger partial charge in [0.25, 0.3) is 8.32 Å². The molecule has 0 aromatic heterocycles. The minimum absolute atomic E-state index is 0.197. The van der Waals surface area contributed by atoms with E-state index in [0.29, 0.717) is 0 Å². The molecule has 14 heavy (non-hydrogen) atoms. The average Bonchev–Trinajstić information content (AvgIpc) is 2.75. The van der Waals surface area contributed by atoms with Crippen molar-refractivity contribution in [3.63, 3.8) is 0 Å². The number of ether oxygens (including phenoxy) is 2. The molecule has 0 spiro atoms. The molecule has 1 saturated heterocycles. The van der Waals surface area contributed by atoms with Crippen molar-refractivity contribution >= 4 is 8.32 Å². The summed E-state index contributed by atoms with van der Waals surface area (Å²) in [5, 5.41) is 0. The molecule has 1 aliphatic heterocycles. The maximum absolute atomic E-state index is 5.83. The first-order valence-corrected chi connectivity index (χ1v) is 8.36. The van der Waals surface area contributed by atoms with E-state index in [9.17, 15) is 0 Å². The molecule has 1 fully saturated rings. The van der Waals surface area contributed by atoms with Gasteiger partial charge in [-0.1, -0.05) is 6.92 Å². The van der Waals surface area contributed by atoms with Crippen LogP contribution in [0.5, 0.6) is 0 Å². The van der Waals surface area contributed by atoms with Crippen LogP contribution < -0.4 is 0 Å². The first-order valence-electron chi connectivity index (χ1n) is 5.46. The molecule has 0 N–H and O–H groups in total. The summed E-state index contributed by atoms with van der Waals surface area (Å²) in [7, 11) is -1.86. The summed E-state index contributed by atoms with van der Waals surface area (Å²) in [6, 6.07) is 0. The second-order valence-electron chi connectivity index (χ2n) is 4.22. The summed E-state index contributed by atoms with van der Waals surface area (Å²) in [6.45, 7) is 12.0. The van der Waals surface area contributed by atoms with Crippen molar-refractivity contribution in [3.05, 3.63) is 0 Å². The van der Waals surface area contributed by atoms with Gasteiger partial charge in [-0.15, -0.1) is 0 Å². The molecule has 1 aliphatic rings. The first kappa shape index (κ1) is 12.2. The van der Waals surface area contributed by atoms with E-state index in [4.69, 9.17) is 13.9 Å². The summed E-state index contributed by atoms with van der Waals surface area (Å²) in [5.74, 6) is 0. The normalized spacial score (nSPS) is 31.9. The van der Waals surface area contributed by atoms with Crippen molar-refractivity contribution in [2.45, 2.75) is 51.8 Å². The van der Waals surface area contributed by atoms with Gasteiger partial charge in [0.15, 0.2) is 0 Å². The van der Waals surface area contributed by atoms with Gasteiger partial charge in [0.2, 0.25) is 5.41 Å². The van der Waals surface area contributed by atoms with Gasteiger partial charge in [-0.2, -0.15) is 0 Å². The third-order valence-electron chi connectivity index (χ3n) is 2.69. The fraction of sp³-hybridized carbons (Fsp3) is 1.00. The van der Waals surface area contributed by atoms with Crippen LogP contribution in [0.1, 0.15) is 27.2 Å². The smallest absolute Gasteiger partial charge is 0.254 e. The monoisotopic (exact) mass is 218 g/mol. The molecule has 0 aromatic rings. The molecular formula is C10H22O3Si. The van der Waals surface area contributed by atoms with Crippen molar-refractivity contribution in [2.75, 3.05) is 13.2 Å². The zero-order valence-corrected chi connectivity index (χ0v) is 10.9. The molecule has 2 atom stereocenters. The maximum Gasteiger partial charge on any atom is 0.254 e. The highest BCUT2D eigenvalue weighted by atomic mass is 28.4. The highest BCUT2D eigenvalue weighted by molar-refractivity contribution is 6.74. The van der Waals surface area contributed by atoms with Crippen LogP contribution in [0.25, 0.3) is 0 Å². The number of rotatable bonds is 6. The van der Waals surface area contributed by atoms with Crippen molar-refractivity contribution in [1.29, 1.82) is 0 Å². The Morgan fingerprint density at radius 2 is 1.93 bits per heavy atom. The lowest BCUT2D eigenvalue weighted by Gasteiger charge is -2.29. The van der Waals surface area contributed by atoms with Crippen LogP contribution in [0.2, 0.25) is 13.1 Å². The van der Waals surface area contributed by atoms with E-state index in [1.165, 1.54) is 0 Å². The standard InChI is InChI=1S/C10H22O3Si/c1-6-8-11-10(9(3)13-10)14(4,5)12-7-2/h9H,6-8H2,1-5H3. The van der Waals surface area contributed by atoms with E-state index in [1.807, 2.05) is 6.92 Å². The summed E-state index contributed by atoms with van der Waals surface area (Å²) >= 11 is 0. The lowest BCUT2D eigenvalue weighted by atomic mass is 10.5. The second kappa shape index (κ2) is 4.31. The Morgan fingerprint density at radius 1 is 1.36 bits per heavy atom. The van der Waals surface area contributed by atoms with E-state index in [1.54, 1.807) is 0 Å². The summed E-state index contributed by atoms with van der Waals surface area (Å²) < 4.78 is 17.3. The van der Waals surface area contributed by atoms with Crippen LogP contribution in [0.4, 0.5) is 0 Å².